The van der Waals surface area contributed by atoms with Crippen molar-refractivity contribution in [2.75, 3.05) is 6.54 Å². The average Bonchev–Trinajstić information content (AvgIpc) is 2.35. The van der Waals surface area contributed by atoms with Crippen LogP contribution < -0.4 is 5.32 Å². The standard InChI is InChI=1S/C11H9F4NO3/c12-10(13)11(14,15)5-16-8(17)6-3-1-2-4-7(6)9(18)19/h1-4,10H,5H2,(H,16,17)(H,18,19). The highest BCUT2D eigenvalue weighted by Gasteiger charge is 2.41. The van der Waals surface area contributed by atoms with Crippen LogP contribution in [0.3, 0.4) is 0 Å². The van der Waals surface area contributed by atoms with Gasteiger partial charge in [0, 0.05) is 0 Å². The quantitative estimate of drug-likeness (QED) is 0.810. The summed E-state index contributed by atoms with van der Waals surface area (Å²) in [5.41, 5.74) is -0.777. The molecule has 104 valence electrons. The Kier molecular flexibility index (Phi) is 4.47. The fraction of sp³-hybridized carbons (Fsp3) is 0.273. The number of amides is 1. The monoisotopic (exact) mass is 279 g/mol. The first-order valence-electron chi connectivity index (χ1n) is 5.02. The van der Waals surface area contributed by atoms with Gasteiger partial charge in [0.2, 0.25) is 0 Å². The first-order chi connectivity index (χ1) is 8.75. The molecule has 0 fully saturated rings. The molecule has 1 aromatic rings. The van der Waals surface area contributed by atoms with E-state index in [2.05, 4.69) is 0 Å². The molecule has 1 aromatic carbocycles. The Hall–Kier alpha value is -2.12. The summed E-state index contributed by atoms with van der Waals surface area (Å²) in [6.45, 7) is -1.57. The van der Waals surface area contributed by atoms with Crippen molar-refractivity contribution in [3.8, 4) is 0 Å². The van der Waals surface area contributed by atoms with Gasteiger partial charge < -0.3 is 10.4 Å². The zero-order chi connectivity index (χ0) is 14.6. The Balaban J connectivity index is 2.83. The summed E-state index contributed by atoms with van der Waals surface area (Å²) in [7, 11) is 0. The van der Waals surface area contributed by atoms with E-state index in [1.807, 2.05) is 0 Å². The van der Waals surface area contributed by atoms with Crippen LogP contribution in [0.25, 0.3) is 0 Å². The lowest BCUT2D eigenvalue weighted by Crippen LogP contribution is -2.41. The first-order valence-corrected chi connectivity index (χ1v) is 5.02. The fourth-order valence-corrected chi connectivity index (χ4v) is 1.24. The number of hydrogen-bond donors (Lipinski definition) is 2. The summed E-state index contributed by atoms with van der Waals surface area (Å²) in [5, 5.41) is 10.4. The number of nitrogens with one attached hydrogen (secondary N) is 1. The van der Waals surface area contributed by atoms with E-state index in [1.165, 1.54) is 12.1 Å². The van der Waals surface area contributed by atoms with E-state index < -0.39 is 36.3 Å². The third-order valence-corrected chi connectivity index (χ3v) is 2.21. The number of carboxylic acid groups (broad SMARTS) is 1. The molecule has 0 saturated heterocycles. The minimum absolute atomic E-state index is 0.375. The van der Waals surface area contributed by atoms with Gasteiger partial charge >= 0.3 is 18.3 Å². The number of rotatable bonds is 5. The molecule has 0 aromatic heterocycles. The lowest BCUT2D eigenvalue weighted by molar-refractivity contribution is -0.123. The van der Waals surface area contributed by atoms with E-state index in [0.717, 1.165) is 12.1 Å². The molecule has 0 aliphatic rings. The summed E-state index contributed by atoms with van der Waals surface area (Å²) in [4.78, 5) is 22.3. The second-order valence-electron chi connectivity index (χ2n) is 3.60. The van der Waals surface area contributed by atoms with Crippen LogP contribution in [0, 0.1) is 0 Å². The largest absolute Gasteiger partial charge is 0.478 e. The maximum atomic E-state index is 12.6. The van der Waals surface area contributed by atoms with Gasteiger partial charge in [-0.25, -0.2) is 13.6 Å². The summed E-state index contributed by atoms with van der Waals surface area (Å²) in [6.07, 6.45) is -3.91. The minimum Gasteiger partial charge on any atom is -0.478 e. The second kappa shape index (κ2) is 5.68. The van der Waals surface area contributed by atoms with Crippen molar-refractivity contribution >= 4 is 11.9 Å². The summed E-state index contributed by atoms with van der Waals surface area (Å²) >= 11 is 0. The highest BCUT2D eigenvalue weighted by Crippen LogP contribution is 2.21. The maximum Gasteiger partial charge on any atom is 0.336 e. The van der Waals surface area contributed by atoms with Crippen molar-refractivity contribution in [1.29, 1.82) is 0 Å². The van der Waals surface area contributed by atoms with Crippen LogP contribution in [0.15, 0.2) is 24.3 Å². The second-order valence-corrected chi connectivity index (χ2v) is 3.60. The Morgan fingerprint density at radius 3 is 2.21 bits per heavy atom. The van der Waals surface area contributed by atoms with Crippen molar-refractivity contribution in [3.05, 3.63) is 35.4 Å². The molecule has 19 heavy (non-hydrogen) atoms. The van der Waals surface area contributed by atoms with Crippen LogP contribution in [-0.4, -0.2) is 35.9 Å². The molecule has 8 heteroatoms. The number of halogens is 4. The van der Waals surface area contributed by atoms with Crippen LogP contribution in [0.5, 0.6) is 0 Å². The van der Waals surface area contributed by atoms with Gasteiger partial charge in [0.25, 0.3) is 5.91 Å². The van der Waals surface area contributed by atoms with Crippen LogP contribution in [0.1, 0.15) is 20.7 Å². The highest BCUT2D eigenvalue weighted by atomic mass is 19.3. The van der Waals surface area contributed by atoms with Gasteiger partial charge in [-0.3, -0.25) is 4.79 Å². The molecule has 0 radical (unpaired) electrons. The molecule has 0 spiro atoms. The van der Waals surface area contributed by atoms with Gasteiger partial charge in [0.05, 0.1) is 17.7 Å². The third-order valence-electron chi connectivity index (χ3n) is 2.21. The third kappa shape index (κ3) is 3.67. The molecule has 1 amide bonds. The normalized spacial score (nSPS) is 11.4. The van der Waals surface area contributed by atoms with Crippen LogP contribution >= 0.6 is 0 Å². The van der Waals surface area contributed by atoms with Gasteiger partial charge in [-0.1, -0.05) is 12.1 Å². The van der Waals surface area contributed by atoms with E-state index in [1.54, 1.807) is 5.32 Å². The average molecular weight is 279 g/mol. The Morgan fingerprint density at radius 2 is 1.74 bits per heavy atom. The molecule has 0 aliphatic carbocycles. The molecular formula is C11H9F4NO3. The number of benzene rings is 1. The van der Waals surface area contributed by atoms with Gasteiger partial charge in [0.15, 0.2) is 0 Å². The van der Waals surface area contributed by atoms with E-state index >= 15 is 0 Å². The molecule has 2 N–H and O–H groups in total. The van der Waals surface area contributed by atoms with Crippen molar-refractivity contribution in [2.45, 2.75) is 12.3 Å². The molecule has 0 heterocycles. The Bertz CT molecular complexity index is 491. The van der Waals surface area contributed by atoms with E-state index in [9.17, 15) is 27.2 Å². The zero-order valence-corrected chi connectivity index (χ0v) is 9.37. The molecule has 0 saturated carbocycles. The van der Waals surface area contributed by atoms with Gasteiger partial charge in [0.1, 0.15) is 0 Å². The number of carboxylic acids is 1. The predicted molar refractivity (Wildman–Crippen MR) is 56.7 cm³/mol. The van der Waals surface area contributed by atoms with E-state index in [-0.39, 0.29) is 5.56 Å². The molecule has 0 bridgehead atoms. The number of carbonyl (C=O) groups is 2. The molecule has 1 rings (SSSR count). The number of carbonyl (C=O) groups excluding carboxylic acids is 1. The van der Waals surface area contributed by atoms with Crippen LogP contribution in [0.2, 0.25) is 0 Å². The number of aromatic carboxylic acids is 1. The van der Waals surface area contributed by atoms with Crippen molar-refractivity contribution < 1.29 is 32.3 Å². The van der Waals surface area contributed by atoms with Gasteiger partial charge in [-0.05, 0) is 12.1 Å². The molecule has 4 nitrogen and oxygen atoms in total. The van der Waals surface area contributed by atoms with Crippen LogP contribution in [-0.2, 0) is 0 Å². The lowest BCUT2D eigenvalue weighted by atomic mass is 10.1. The maximum absolute atomic E-state index is 12.6. The molecule has 0 unspecified atom stereocenters. The highest BCUT2D eigenvalue weighted by molar-refractivity contribution is 6.04. The summed E-state index contributed by atoms with van der Waals surface area (Å²) in [6, 6.07) is 4.86. The topological polar surface area (TPSA) is 66.4 Å². The smallest absolute Gasteiger partial charge is 0.336 e. The number of alkyl halides is 4. The minimum atomic E-state index is -4.37. The summed E-state index contributed by atoms with van der Waals surface area (Å²) < 4.78 is 49.0. The van der Waals surface area contributed by atoms with Crippen molar-refractivity contribution in [2.24, 2.45) is 0 Å². The Labute approximate surface area is 105 Å². The predicted octanol–water partition coefficient (Wildman–Crippen LogP) is 2.01. The Morgan fingerprint density at radius 1 is 1.21 bits per heavy atom. The lowest BCUT2D eigenvalue weighted by Gasteiger charge is -2.16. The van der Waals surface area contributed by atoms with E-state index in [0.29, 0.717) is 0 Å². The molecular weight excluding hydrogens is 270 g/mol. The molecule has 0 aliphatic heterocycles. The SMILES string of the molecule is O=C(O)c1ccccc1C(=O)NCC(F)(F)C(F)F. The van der Waals surface area contributed by atoms with Crippen molar-refractivity contribution in [3.63, 3.8) is 0 Å². The van der Waals surface area contributed by atoms with Crippen LogP contribution in [0.4, 0.5) is 17.6 Å². The summed E-state index contributed by atoms with van der Waals surface area (Å²) in [5.74, 6) is -6.95. The zero-order valence-electron chi connectivity index (χ0n) is 9.37. The fourth-order valence-electron chi connectivity index (χ4n) is 1.24. The first kappa shape index (κ1) is 14.9. The van der Waals surface area contributed by atoms with Crippen molar-refractivity contribution in [1.82, 2.24) is 5.32 Å². The molecule has 0 atom stereocenters. The van der Waals surface area contributed by atoms with Gasteiger partial charge in [-0.2, -0.15) is 8.78 Å². The van der Waals surface area contributed by atoms with E-state index in [4.69, 9.17) is 5.11 Å². The number of hydrogen-bond acceptors (Lipinski definition) is 2. The van der Waals surface area contributed by atoms with Gasteiger partial charge in [-0.15, -0.1) is 0 Å².